The van der Waals surface area contributed by atoms with Crippen LogP contribution in [0.1, 0.15) is 6.42 Å². The molecule has 0 amide bonds. The number of carboxylic acid groups (broad SMARTS) is 1. The summed E-state index contributed by atoms with van der Waals surface area (Å²) in [5.41, 5.74) is 0. The molecular weight excluding hydrogens is 122 g/mol. The summed E-state index contributed by atoms with van der Waals surface area (Å²) in [4.78, 5) is 10.2. The zero-order valence-corrected chi connectivity index (χ0v) is 4.87. The fourth-order valence-electron chi connectivity index (χ4n) is 0.941. The van der Waals surface area contributed by atoms with Crippen LogP contribution in [0.4, 0.5) is 0 Å². The van der Waals surface area contributed by atoms with Crippen LogP contribution >= 0.6 is 0 Å². The van der Waals surface area contributed by atoms with Gasteiger partial charge in [-0.1, -0.05) is 0 Å². The van der Waals surface area contributed by atoms with E-state index in [4.69, 9.17) is 10.2 Å². The number of rotatable bonds is 1. The molecule has 0 aromatic rings. The Kier molecular flexibility index (Phi) is 1.68. The Morgan fingerprint density at radius 1 is 1.67 bits per heavy atom. The van der Waals surface area contributed by atoms with E-state index in [0.717, 1.165) is 0 Å². The summed E-state index contributed by atoms with van der Waals surface area (Å²) in [5.74, 6) is -0.972. The molecule has 2 atom stereocenters. The van der Waals surface area contributed by atoms with Gasteiger partial charge in [0.2, 0.25) is 0 Å². The van der Waals surface area contributed by atoms with Gasteiger partial charge in [-0.15, -0.1) is 0 Å². The predicted octanol–water partition coefficient (Wildman–Crippen LogP) is -1.21. The second-order valence-corrected chi connectivity index (χ2v) is 2.13. The highest BCUT2D eigenvalue weighted by molar-refractivity contribution is 5.74. The van der Waals surface area contributed by atoms with E-state index in [-0.39, 0.29) is 0 Å². The molecule has 0 spiro atoms. The van der Waals surface area contributed by atoms with Crippen molar-refractivity contribution in [2.24, 2.45) is 0 Å². The van der Waals surface area contributed by atoms with E-state index in [0.29, 0.717) is 13.0 Å². The van der Waals surface area contributed by atoms with Gasteiger partial charge in [0.15, 0.2) is 0 Å². The maximum absolute atomic E-state index is 10.2. The van der Waals surface area contributed by atoms with E-state index in [1.54, 1.807) is 0 Å². The lowest BCUT2D eigenvalue weighted by Crippen LogP contribution is -2.38. The summed E-state index contributed by atoms with van der Waals surface area (Å²) < 4.78 is 0. The molecule has 3 N–H and O–H groups in total. The first-order chi connectivity index (χ1) is 4.22. The monoisotopic (exact) mass is 131 g/mol. The molecule has 4 heteroatoms. The molecule has 0 unspecified atom stereocenters. The van der Waals surface area contributed by atoms with Gasteiger partial charge in [0.25, 0.3) is 0 Å². The van der Waals surface area contributed by atoms with Gasteiger partial charge in [0.05, 0.1) is 6.10 Å². The van der Waals surface area contributed by atoms with Crippen molar-refractivity contribution in [3.8, 4) is 0 Å². The molecule has 0 radical (unpaired) electrons. The fourth-order valence-corrected chi connectivity index (χ4v) is 0.941. The Balaban J connectivity index is 2.49. The van der Waals surface area contributed by atoms with Gasteiger partial charge in [0, 0.05) is 0 Å². The zero-order chi connectivity index (χ0) is 6.85. The first-order valence-electron chi connectivity index (χ1n) is 2.86. The third-order valence-corrected chi connectivity index (χ3v) is 1.46. The molecule has 1 fully saturated rings. The van der Waals surface area contributed by atoms with Crippen LogP contribution in [0.3, 0.4) is 0 Å². The fraction of sp³-hybridized carbons (Fsp3) is 0.800. The van der Waals surface area contributed by atoms with Gasteiger partial charge < -0.3 is 15.5 Å². The van der Waals surface area contributed by atoms with Gasteiger partial charge >= 0.3 is 5.97 Å². The van der Waals surface area contributed by atoms with E-state index < -0.39 is 18.1 Å². The minimum Gasteiger partial charge on any atom is -0.480 e. The van der Waals surface area contributed by atoms with E-state index in [2.05, 4.69) is 5.32 Å². The van der Waals surface area contributed by atoms with Crippen LogP contribution in [-0.4, -0.2) is 34.9 Å². The Bertz CT molecular complexity index is 125. The molecule has 4 nitrogen and oxygen atoms in total. The van der Waals surface area contributed by atoms with Crippen molar-refractivity contribution in [2.45, 2.75) is 18.6 Å². The summed E-state index contributed by atoms with van der Waals surface area (Å²) in [7, 11) is 0. The van der Waals surface area contributed by atoms with Crippen LogP contribution in [0.5, 0.6) is 0 Å². The number of hydrogen-bond acceptors (Lipinski definition) is 3. The lowest BCUT2D eigenvalue weighted by Gasteiger charge is -2.06. The van der Waals surface area contributed by atoms with Crippen molar-refractivity contribution >= 4 is 5.97 Å². The third-order valence-electron chi connectivity index (χ3n) is 1.46. The summed E-state index contributed by atoms with van der Waals surface area (Å²) in [6.45, 7) is 0.595. The normalized spacial score (nSPS) is 34.8. The number of carbonyl (C=O) groups is 1. The van der Waals surface area contributed by atoms with Crippen LogP contribution in [0.25, 0.3) is 0 Å². The van der Waals surface area contributed by atoms with E-state index in [1.165, 1.54) is 0 Å². The van der Waals surface area contributed by atoms with Crippen molar-refractivity contribution in [2.75, 3.05) is 6.54 Å². The zero-order valence-electron chi connectivity index (χ0n) is 4.87. The second kappa shape index (κ2) is 2.33. The van der Waals surface area contributed by atoms with E-state index >= 15 is 0 Å². The highest BCUT2D eigenvalue weighted by Gasteiger charge is 2.30. The largest absolute Gasteiger partial charge is 0.480 e. The molecular formula is C5H9NO3. The topological polar surface area (TPSA) is 69.6 Å². The first kappa shape index (κ1) is 6.51. The number of carboxylic acids is 1. The lowest BCUT2D eigenvalue weighted by molar-refractivity contribution is -0.141. The molecule has 0 aliphatic carbocycles. The van der Waals surface area contributed by atoms with Crippen molar-refractivity contribution in [1.82, 2.24) is 5.32 Å². The summed E-state index contributed by atoms with van der Waals surface area (Å²) in [6.07, 6.45) is -0.167. The Hall–Kier alpha value is -0.610. The van der Waals surface area contributed by atoms with Crippen molar-refractivity contribution < 1.29 is 15.0 Å². The van der Waals surface area contributed by atoms with Crippen molar-refractivity contribution in [1.29, 1.82) is 0 Å². The highest BCUT2D eigenvalue weighted by atomic mass is 16.4. The standard InChI is InChI=1S/C5H9NO3/c7-3-1-2-6-4(3)5(8)9/h3-4,6-7H,1-2H2,(H,8,9)/t3-,4-/m1/s1. The van der Waals surface area contributed by atoms with Crippen LogP contribution < -0.4 is 5.32 Å². The molecule has 0 bridgehead atoms. The van der Waals surface area contributed by atoms with Gasteiger partial charge in [0.1, 0.15) is 6.04 Å². The average Bonchev–Trinajstić information content (AvgIpc) is 2.13. The molecule has 1 heterocycles. The summed E-state index contributed by atoms with van der Waals surface area (Å²) in [5, 5.41) is 19.9. The summed E-state index contributed by atoms with van der Waals surface area (Å²) in [6, 6.07) is -0.745. The van der Waals surface area contributed by atoms with Crippen LogP contribution in [-0.2, 0) is 4.79 Å². The van der Waals surface area contributed by atoms with Crippen molar-refractivity contribution in [3.05, 3.63) is 0 Å². The molecule has 0 aromatic carbocycles. The number of hydrogen-bond donors (Lipinski definition) is 3. The van der Waals surface area contributed by atoms with Gasteiger partial charge in [-0.25, -0.2) is 0 Å². The molecule has 0 aromatic heterocycles. The molecule has 1 rings (SSSR count). The second-order valence-electron chi connectivity index (χ2n) is 2.13. The quantitative estimate of drug-likeness (QED) is 0.418. The number of aliphatic hydroxyl groups is 1. The molecule has 1 saturated heterocycles. The number of nitrogens with one attached hydrogen (secondary N) is 1. The van der Waals surface area contributed by atoms with Gasteiger partial charge in [-0.2, -0.15) is 0 Å². The number of aliphatic hydroxyl groups excluding tert-OH is 1. The highest BCUT2D eigenvalue weighted by Crippen LogP contribution is 2.05. The first-order valence-corrected chi connectivity index (χ1v) is 2.86. The lowest BCUT2D eigenvalue weighted by atomic mass is 10.2. The SMILES string of the molecule is O=C(O)[C@@H]1NCC[C@H]1O. The van der Waals surface area contributed by atoms with E-state index in [9.17, 15) is 4.79 Å². The van der Waals surface area contributed by atoms with Crippen LogP contribution in [0.2, 0.25) is 0 Å². The third kappa shape index (κ3) is 1.20. The summed E-state index contributed by atoms with van der Waals surface area (Å²) >= 11 is 0. The van der Waals surface area contributed by atoms with Crippen LogP contribution in [0, 0.1) is 0 Å². The van der Waals surface area contributed by atoms with Gasteiger partial charge in [-0.3, -0.25) is 4.79 Å². The Labute approximate surface area is 52.5 Å². The Morgan fingerprint density at radius 2 is 2.33 bits per heavy atom. The van der Waals surface area contributed by atoms with Crippen molar-refractivity contribution in [3.63, 3.8) is 0 Å². The molecule has 1 aliphatic rings. The minimum atomic E-state index is -0.972. The maximum atomic E-state index is 10.2. The molecule has 0 saturated carbocycles. The number of aliphatic carboxylic acids is 1. The molecule has 1 aliphatic heterocycles. The Morgan fingerprint density at radius 3 is 2.56 bits per heavy atom. The molecule has 9 heavy (non-hydrogen) atoms. The molecule has 52 valence electrons. The average molecular weight is 131 g/mol. The van der Waals surface area contributed by atoms with Gasteiger partial charge in [-0.05, 0) is 13.0 Å². The van der Waals surface area contributed by atoms with Crippen LogP contribution in [0.15, 0.2) is 0 Å². The van der Waals surface area contributed by atoms with E-state index in [1.807, 2.05) is 0 Å². The minimum absolute atomic E-state index is 0.539. The predicted molar refractivity (Wildman–Crippen MR) is 30.1 cm³/mol. The maximum Gasteiger partial charge on any atom is 0.323 e. The smallest absolute Gasteiger partial charge is 0.323 e.